The molecule has 136 valence electrons. The van der Waals surface area contributed by atoms with E-state index in [2.05, 4.69) is 15.2 Å². The van der Waals surface area contributed by atoms with Crippen molar-refractivity contribution < 1.29 is 9.53 Å². The molecule has 1 N–H and O–H groups in total. The highest BCUT2D eigenvalue weighted by Gasteiger charge is 2.39. The van der Waals surface area contributed by atoms with Gasteiger partial charge in [0.2, 0.25) is 0 Å². The SMILES string of the molecule is CCn1c([C@@H]2C[C@H](OC)CN2C(=O)c2ccc3nccn3c2)n[nH]c1=O. The Kier molecular flexibility index (Phi) is 4.08. The maximum Gasteiger partial charge on any atom is 0.343 e. The number of aromatic nitrogens is 5. The van der Waals surface area contributed by atoms with E-state index < -0.39 is 0 Å². The zero-order valence-corrected chi connectivity index (χ0v) is 14.6. The minimum Gasteiger partial charge on any atom is -0.380 e. The van der Waals surface area contributed by atoms with Crippen molar-refractivity contribution in [3.8, 4) is 0 Å². The molecule has 1 aliphatic rings. The lowest BCUT2D eigenvalue weighted by molar-refractivity contribution is 0.0682. The van der Waals surface area contributed by atoms with E-state index in [4.69, 9.17) is 4.74 Å². The van der Waals surface area contributed by atoms with Crippen LogP contribution in [0.4, 0.5) is 0 Å². The molecule has 9 nitrogen and oxygen atoms in total. The van der Waals surface area contributed by atoms with Gasteiger partial charge in [-0.3, -0.25) is 9.36 Å². The van der Waals surface area contributed by atoms with E-state index in [1.807, 2.05) is 17.4 Å². The van der Waals surface area contributed by atoms with Gasteiger partial charge in [-0.15, -0.1) is 0 Å². The maximum absolute atomic E-state index is 13.2. The summed E-state index contributed by atoms with van der Waals surface area (Å²) in [4.78, 5) is 31.0. The van der Waals surface area contributed by atoms with Crippen LogP contribution in [0, 0.1) is 0 Å². The summed E-state index contributed by atoms with van der Waals surface area (Å²) in [5, 5.41) is 6.65. The number of carbonyl (C=O) groups excluding carboxylic acids is 1. The van der Waals surface area contributed by atoms with E-state index in [0.29, 0.717) is 30.9 Å². The fourth-order valence-corrected chi connectivity index (χ4v) is 3.54. The zero-order valence-electron chi connectivity index (χ0n) is 14.6. The second kappa shape index (κ2) is 6.41. The normalized spacial score (nSPS) is 20.2. The number of imidazole rings is 1. The fourth-order valence-electron chi connectivity index (χ4n) is 3.54. The van der Waals surface area contributed by atoms with Crippen molar-refractivity contribution in [2.45, 2.75) is 32.0 Å². The van der Waals surface area contributed by atoms with Crippen molar-refractivity contribution >= 4 is 11.6 Å². The van der Waals surface area contributed by atoms with Crippen LogP contribution in [0.1, 0.15) is 35.6 Å². The Hall–Kier alpha value is -2.94. The molecule has 1 amide bonds. The summed E-state index contributed by atoms with van der Waals surface area (Å²) >= 11 is 0. The predicted octanol–water partition coefficient (Wildman–Crippen LogP) is 0.841. The van der Waals surface area contributed by atoms with Gasteiger partial charge in [-0.2, -0.15) is 5.10 Å². The lowest BCUT2D eigenvalue weighted by Crippen LogP contribution is -2.34. The molecule has 2 atom stereocenters. The first kappa shape index (κ1) is 16.5. The number of H-pyrrole nitrogens is 1. The highest BCUT2D eigenvalue weighted by atomic mass is 16.5. The molecule has 0 spiro atoms. The summed E-state index contributed by atoms with van der Waals surface area (Å²) in [6, 6.07) is 3.26. The molecule has 9 heteroatoms. The first-order valence-electron chi connectivity index (χ1n) is 8.54. The van der Waals surface area contributed by atoms with E-state index in [0.717, 1.165) is 5.65 Å². The molecule has 26 heavy (non-hydrogen) atoms. The molecule has 0 unspecified atom stereocenters. The molecule has 0 radical (unpaired) electrons. The van der Waals surface area contributed by atoms with Crippen molar-refractivity contribution in [3.63, 3.8) is 0 Å². The van der Waals surface area contributed by atoms with Crippen molar-refractivity contribution in [3.05, 3.63) is 52.6 Å². The summed E-state index contributed by atoms with van der Waals surface area (Å²) < 4.78 is 8.85. The molecule has 1 fully saturated rings. The summed E-state index contributed by atoms with van der Waals surface area (Å²) in [6.07, 6.45) is 5.75. The highest BCUT2D eigenvalue weighted by Crippen LogP contribution is 2.33. The van der Waals surface area contributed by atoms with Crippen LogP contribution < -0.4 is 5.69 Å². The van der Waals surface area contributed by atoms with Crippen LogP contribution in [0.15, 0.2) is 35.5 Å². The number of fused-ring (bicyclic) bond motifs is 1. The van der Waals surface area contributed by atoms with Gasteiger partial charge in [0.25, 0.3) is 5.91 Å². The Bertz CT molecular complexity index is 1000. The molecule has 3 aromatic heterocycles. The largest absolute Gasteiger partial charge is 0.380 e. The summed E-state index contributed by atoms with van der Waals surface area (Å²) in [6.45, 7) is 2.82. The number of methoxy groups -OCH3 is 1. The van der Waals surface area contributed by atoms with Gasteiger partial charge in [-0.25, -0.2) is 14.9 Å². The molecular formula is C17H20N6O3. The van der Waals surface area contributed by atoms with Gasteiger partial charge < -0.3 is 14.0 Å². The van der Waals surface area contributed by atoms with Gasteiger partial charge in [0.05, 0.1) is 17.7 Å². The average molecular weight is 356 g/mol. The van der Waals surface area contributed by atoms with Crippen molar-refractivity contribution in [1.82, 2.24) is 29.0 Å². The number of hydrogen-bond acceptors (Lipinski definition) is 5. The number of ether oxygens (including phenoxy) is 1. The molecule has 3 aromatic rings. The number of nitrogens with zero attached hydrogens (tertiary/aromatic N) is 5. The molecule has 4 heterocycles. The first-order valence-corrected chi connectivity index (χ1v) is 8.54. The quantitative estimate of drug-likeness (QED) is 0.747. The first-order chi connectivity index (χ1) is 12.6. The van der Waals surface area contributed by atoms with E-state index in [-0.39, 0.29) is 23.7 Å². The van der Waals surface area contributed by atoms with E-state index in [9.17, 15) is 9.59 Å². The number of hydrogen-bond donors (Lipinski definition) is 1. The Morgan fingerprint density at radius 2 is 2.27 bits per heavy atom. The van der Waals surface area contributed by atoms with Crippen LogP contribution in [0.2, 0.25) is 0 Å². The Balaban J connectivity index is 1.71. The average Bonchev–Trinajstić information content (AvgIpc) is 3.37. The van der Waals surface area contributed by atoms with Crippen LogP contribution in [0.25, 0.3) is 5.65 Å². The maximum atomic E-state index is 13.2. The van der Waals surface area contributed by atoms with Crippen LogP contribution in [-0.4, -0.2) is 54.7 Å². The van der Waals surface area contributed by atoms with Gasteiger partial charge in [-0.1, -0.05) is 0 Å². The molecule has 4 rings (SSSR count). The summed E-state index contributed by atoms with van der Waals surface area (Å²) in [7, 11) is 1.63. The summed E-state index contributed by atoms with van der Waals surface area (Å²) in [5.41, 5.74) is 1.06. The van der Waals surface area contributed by atoms with Crippen molar-refractivity contribution in [2.24, 2.45) is 0 Å². The Labute approximate surface area is 149 Å². The molecule has 0 aliphatic carbocycles. The number of aromatic amines is 1. The lowest BCUT2D eigenvalue weighted by atomic mass is 10.1. The second-order valence-corrected chi connectivity index (χ2v) is 6.31. The predicted molar refractivity (Wildman–Crippen MR) is 92.9 cm³/mol. The zero-order chi connectivity index (χ0) is 18.3. The number of carbonyl (C=O) groups is 1. The number of amides is 1. The Morgan fingerprint density at radius 1 is 1.42 bits per heavy atom. The highest BCUT2D eigenvalue weighted by molar-refractivity contribution is 5.94. The topological polar surface area (TPSA) is 97.5 Å². The molecule has 0 aromatic carbocycles. The van der Waals surface area contributed by atoms with Crippen LogP contribution >= 0.6 is 0 Å². The van der Waals surface area contributed by atoms with Gasteiger partial charge in [0.15, 0.2) is 5.82 Å². The van der Waals surface area contributed by atoms with Crippen LogP contribution in [0.5, 0.6) is 0 Å². The molecule has 1 aliphatic heterocycles. The summed E-state index contributed by atoms with van der Waals surface area (Å²) in [5.74, 6) is 0.442. The number of nitrogens with one attached hydrogen (secondary N) is 1. The smallest absolute Gasteiger partial charge is 0.343 e. The minimum atomic E-state index is -0.315. The van der Waals surface area contributed by atoms with E-state index >= 15 is 0 Å². The third-order valence-electron chi connectivity index (χ3n) is 4.89. The van der Waals surface area contributed by atoms with Crippen molar-refractivity contribution in [1.29, 1.82) is 0 Å². The third kappa shape index (κ3) is 2.60. The molecule has 1 saturated heterocycles. The van der Waals surface area contributed by atoms with Crippen LogP contribution in [0.3, 0.4) is 0 Å². The molecular weight excluding hydrogens is 336 g/mol. The number of likely N-dealkylation sites (tertiary alicyclic amines) is 1. The lowest BCUT2D eigenvalue weighted by Gasteiger charge is -2.24. The van der Waals surface area contributed by atoms with Gasteiger partial charge in [0, 0.05) is 45.2 Å². The fraction of sp³-hybridized carbons (Fsp3) is 0.412. The second-order valence-electron chi connectivity index (χ2n) is 6.31. The number of pyridine rings is 1. The van der Waals surface area contributed by atoms with Crippen molar-refractivity contribution in [2.75, 3.05) is 13.7 Å². The van der Waals surface area contributed by atoms with Gasteiger partial charge >= 0.3 is 5.69 Å². The molecule has 0 bridgehead atoms. The monoisotopic (exact) mass is 356 g/mol. The Morgan fingerprint density at radius 3 is 3.04 bits per heavy atom. The van der Waals surface area contributed by atoms with Gasteiger partial charge in [-0.05, 0) is 19.1 Å². The standard InChI is InChI=1S/C17H20N6O3/c1-3-22-15(19-20-17(22)25)13-8-12(26-2)10-23(13)16(24)11-4-5-14-18-6-7-21(14)9-11/h4-7,9,12-13H,3,8,10H2,1-2H3,(H,20,25)/t12-,13-/m0/s1. The number of rotatable bonds is 4. The minimum absolute atomic E-state index is 0.0990. The molecule has 0 saturated carbocycles. The third-order valence-corrected chi connectivity index (χ3v) is 4.89. The van der Waals surface area contributed by atoms with Crippen LogP contribution in [-0.2, 0) is 11.3 Å². The van der Waals surface area contributed by atoms with E-state index in [1.165, 1.54) is 0 Å². The van der Waals surface area contributed by atoms with Gasteiger partial charge in [0.1, 0.15) is 5.65 Å². The van der Waals surface area contributed by atoms with E-state index in [1.54, 1.807) is 41.2 Å².